The molecule has 1 aliphatic heterocycles. The molecule has 1 aliphatic carbocycles. The molecule has 5 nitrogen and oxygen atoms in total. The Bertz CT molecular complexity index is 509. The number of carbonyl (C=O) groups is 1. The number of benzene rings is 1. The summed E-state index contributed by atoms with van der Waals surface area (Å²) in [5.74, 6) is 1.45. The molecule has 2 N–H and O–H groups in total. The van der Waals surface area contributed by atoms with Gasteiger partial charge in [0.15, 0.2) is 11.5 Å². The first kappa shape index (κ1) is 14.2. The number of hydrogen-bond donors (Lipinski definition) is 2. The number of hydrogen-bond acceptors (Lipinski definition) is 4. The minimum Gasteiger partial charge on any atom is -0.481 e. The Hall–Kier alpha value is -1.75. The molecule has 0 amide bonds. The van der Waals surface area contributed by atoms with Crippen LogP contribution in [0.15, 0.2) is 18.2 Å². The zero-order chi connectivity index (χ0) is 14.7. The quantitative estimate of drug-likeness (QED) is 0.872. The first-order chi connectivity index (χ1) is 10.2. The van der Waals surface area contributed by atoms with Gasteiger partial charge in [-0.25, -0.2) is 0 Å². The maximum atomic E-state index is 10.9. The van der Waals surface area contributed by atoms with Gasteiger partial charge in [0.05, 0.1) is 5.92 Å². The molecule has 5 heteroatoms. The van der Waals surface area contributed by atoms with Crippen LogP contribution in [-0.2, 0) is 11.3 Å². The van der Waals surface area contributed by atoms with Gasteiger partial charge >= 0.3 is 5.97 Å². The molecule has 0 radical (unpaired) electrons. The van der Waals surface area contributed by atoms with E-state index in [2.05, 4.69) is 5.32 Å². The molecule has 114 valence electrons. The van der Waals surface area contributed by atoms with E-state index in [0.29, 0.717) is 12.7 Å². The van der Waals surface area contributed by atoms with Crippen molar-refractivity contribution in [2.24, 2.45) is 11.8 Å². The lowest BCUT2D eigenvalue weighted by Crippen LogP contribution is -2.28. The predicted octanol–water partition coefficient (Wildman–Crippen LogP) is 2.40. The van der Waals surface area contributed by atoms with Gasteiger partial charge in [-0.3, -0.25) is 4.79 Å². The van der Waals surface area contributed by atoms with Gasteiger partial charge in [-0.1, -0.05) is 6.07 Å². The lowest BCUT2D eigenvalue weighted by atomic mass is 9.82. The fourth-order valence-corrected chi connectivity index (χ4v) is 3.09. The smallest absolute Gasteiger partial charge is 0.306 e. The second-order valence-electron chi connectivity index (χ2n) is 5.87. The van der Waals surface area contributed by atoms with E-state index in [9.17, 15) is 4.79 Å². The second kappa shape index (κ2) is 6.35. The Morgan fingerprint density at radius 3 is 2.71 bits per heavy atom. The number of fused-ring (bicyclic) bond motifs is 1. The maximum absolute atomic E-state index is 10.9. The van der Waals surface area contributed by atoms with Crippen LogP contribution < -0.4 is 14.8 Å². The summed E-state index contributed by atoms with van der Waals surface area (Å²) in [5, 5.41) is 12.5. The summed E-state index contributed by atoms with van der Waals surface area (Å²) < 4.78 is 10.7. The van der Waals surface area contributed by atoms with Gasteiger partial charge in [-0.15, -0.1) is 0 Å². The summed E-state index contributed by atoms with van der Waals surface area (Å²) in [7, 11) is 0. The lowest BCUT2D eigenvalue weighted by molar-refractivity contribution is -0.143. The van der Waals surface area contributed by atoms with Crippen LogP contribution in [-0.4, -0.2) is 24.4 Å². The van der Waals surface area contributed by atoms with Crippen LogP contribution in [0.3, 0.4) is 0 Å². The highest BCUT2D eigenvalue weighted by atomic mass is 16.7. The molecule has 3 rings (SSSR count). The number of ether oxygens (including phenoxy) is 2. The SMILES string of the molecule is O=C(O)C1CCC(CNCc2ccc3c(c2)OCO3)CC1. The zero-order valence-corrected chi connectivity index (χ0v) is 12.0. The van der Waals surface area contributed by atoms with E-state index in [1.54, 1.807) is 0 Å². The van der Waals surface area contributed by atoms with Crippen molar-refractivity contribution in [1.29, 1.82) is 0 Å². The summed E-state index contributed by atoms with van der Waals surface area (Å²) in [6.07, 6.45) is 3.63. The average Bonchev–Trinajstić information content (AvgIpc) is 2.95. The first-order valence-corrected chi connectivity index (χ1v) is 7.54. The average molecular weight is 291 g/mol. The van der Waals surface area contributed by atoms with Gasteiger partial charge in [0.2, 0.25) is 6.79 Å². The van der Waals surface area contributed by atoms with Crippen molar-refractivity contribution in [3.8, 4) is 11.5 Å². The Labute approximate surface area is 124 Å². The number of carboxylic acids is 1. The standard InChI is InChI=1S/C16H21NO4/c18-16(19)13-4-1-11(2-5-13)8-17-9-12-3-6-14-15(7-12)21-10-20-14/h3,6-7,11,13,17H,1-2,4-5,8-10H2,(H,18,19). The molecule has 2 aliphatic rings. The van der Waals surface area contributed by atoms with Crippen molar-refractivity contribution in [2.75, 3.05) is 13.3 Å². The van der Waals surface area contributed by atoms with Crippen molar-refractivity contribution in [2.45, 2.75) is 32.2 Å². The topological polar surface area (TPSA) is 67.8 Å². The highest BCUT2D eigenvalue weighted by molar-refractivity contribution is 5.69. The summed E-state index contributed by atoms with van der Waals surface area (Å²) in [6.45, 7) is 2.05. The van der Waals surface area contributed by atoms with E-state index in [-0.39, 0.29) is 5.92 Å². The maximum Gasteiger partial charge on any atom is 0.306 e. The van der Waals surface area contributed by atoms with Gasteiger partial charge in [-0.2, -0.15) is 0 Å². The molecular formula is C16H21NO4. The molecule has 1 aromatic carbocycles. The predicted molar refractivity (Wildman–Crippen MR) is 77.4 cm³/mol. The largest absolute Gasteiger partial charge is 0.481 e. The third kappa shape index (κ3) is 3.47. The second-order valence-corrected chi connectivity index (χ2v) is 5.87. The molecule has 0 bridgehead atoms. The third-order valence-corrected chi connectivity index (χ3v) is 4.40. The van der Waals surface area contributed by atoms with Crippen LogP contribution in [0.1, 0.15) is 31.2 Å². The Morgan fingerprint density at radius 2 is 1.95 bits per heavy atom. The van der Waals surface area contributed by atoms with Gasteiger partial charge in [-0.05, 0) is 55.8 Å². The lowest BCUT2D eigenvalue weighted by Gasteiger charge is -2.26. The third-order valence-electron chi connectivity index (χ3n) is 4.40. The monoisotopic (exact) mass is 291 g/mol. The van der Waals surface area contributed by atoms with Gasteiger partial charge in [0, 0.05) is 6.54 Å². The first-order valence-electron chi connectivity index (χ1n) is 7.54. The van der Waals surface area contributed by atoms with E-state index >= 15 is 0 Å². The minimum atomic E-state index is -0.637. The Kier molecular flexibility index (Phi) is 4.29. The molecule has 0 unspecified atom stereocenters. The fraction of sp³-hybridized carbons (Fsp3) is 0.562. The molecule has 21 heavy (non-hydrogen) atoms. The highest BCUT2D eigenvalue weighted by Gasteiger charge is 2.25. The molecule has 0 aromatic heterocycles. The summed E-state index contributed by atoms with van der Waals surface area (Å²) in [6, 6.07) is 6.00. The fourth-order valence-electron chi connectivity index (χ4n) is 3.09. The summed E-state index contributed by atoms with van der Waals surface area (Å²) in [5.41, 5.74) is 1.18. The van der Waals surface area contributed by atoms with E-state index in [0.717, 1.165) is 50.3 Å². The van der Waals surface area contributed by atoms with Gasteiger partial charge in [0.1, 0.15) is 0 Å². The molecule has 1 heterocycles. The van der Waals surface area contributed by atoms with Crippen LogP contribution >= 0.6 is 0 Å². The molecule has 1 fully saturated rings. The Morgan fingerprint density at radius 1 is 1.19 bits per heavy atom. The summed E-state index contributed by atoms with van der Waals surface area (Å²) in [4.78, 5) is 10.9. The van der Waals surface area contributed by atoms with Crippen molar-refractivity contribution in [3.05, 3.63) is 23.8 Å². The van der Waals surface area contributed by atoms with Crippen LogP contribution in [0, 0.1) is 11.8 Å². The minimum absolute atomic E-state index is 0.130. The van der Waals surface area contributed by atoms with E-state index in [4.69, 9.17) is 14.6 Å². The van der Waals surface area contributed by atoms with E-state index in [1.165, 1.54) is 5.56 Å². The highest BCUT2D eigenvalue weighted by Crippen LogP contribution is 2.32. The molecule has 1 saturated carbocycles. The van der Waals surface area contributed by atoms with Crippen molar-refractivity contribution in [1.82, 2.24) is 5.32 Å². The molecule has 0 saturated heterocycles. The van der Waals surface area contributed by atoms with Gasteiger partial charge < -0.3 is 19.9 Å². The molecule has 0 spiro atoms. The number of nitrogens with one attached hydrogen (secondary N) is 1. The van der Waals surface area contributed by atoms with Crippen molar-refractivity contribution in [3.63, 3.8) is 0 Å². The zero-order valence-electron chi connectivity index (χ0n) is 12.0. The van der Waals surface area contributed by atoms with E-state index < -0.39 is 5.97 Å². The van der Waals surface area contributed by atoms with Crippen molar-refractivity contribution < 1.29 is 19.4 Å². The van der Waals surface area contributed by atoms with Crippen LogP contribution in [0.25, 0.3) is 0 Å². The number of aliphatic carboxylic acids is 1. The summed E-state index contributed by atoms with van der Waals surface area (Å²) >= 11 is 0. The normalized spacial score (nSPS) is 24.0. The van der Waals surface area contributed by atoms with Crippen LogP contribution in [0.4, 0.5) is 0 Å². The molecule has 0 atom stereocenters. The molecular weight excluding hydrogens is 270 g/mol. The number of rotatable bonds is 5. The Balaban J connectivity index is 1.41. The van der Waals surface area contributed by atoms with Gasteiger partial charge in [0.25, 0.3) is 0 Å². The van der Waals surface area contributed by atoms with Crippen molar-refractivity contribution >= 4 is 5.97 Å². The molecule has 1 aromatic rings. The number of carboxylic acid groups (broad SMARTS) is 1. The van der Waals surface area contributed by atoms with Crippen LogP contribution in [0.2, 0.25) is 0 Å². The van der Waals surface area contributed by atoms with Crippen LogP contribution in [0.5, 0.6) is 11.5 Å². The van der Waals surface area contributed by atoms with E-state index in [1.807, 2.05) is 18.2 Å².